The number of thiophene rings is 1. The molecule has 124 valence electrons. The van der Waals surface area contributed by atoms with Gasteiger partial charge < -0.3 is 0 Å². The highest BCUT2D eigenvalue weighted by molar-refractivity contribution is 7.16. The van der Waals surface area contributed by atoms with E-state index < -0.39 is 0 Å². The Balaban J connectivity index is 1.75. The van der Waals surface area contributed by atoms with Gasteiger partial charge in [0, 0.05) is 29.1 Å². The molecular weight excluding hydrogens is 316 g/mol. The summed E-state index contributed by atoms with van der Waals surface area (Å²) in [5.41, 5.74) is 3.66. The van der Waals surface area contributed by atoms with E-state index in [1.807, 2.05) is 52.6 Å². The van der Waals surface area contributed by atoms with Crippen molar-refractivity contribution in [1.29, 1.82) is 0 Å². The number of fused-ring (bicyclic) bond motifs is 3. The van der Waals surface area contributed by atoms with Crippen LogP contribution < -0.4 is 4.90 Å². The van der Waals surface area contributed by atoms with Crippen molar-refractivity contribution in [2.45, 2.75) is 32.2 Å². The number of anilines is 1. The van der Waals surface area contributed by atoms with Crippen molar-refractivity contribution in [3.8, 4) is 0 Å². The molecule has 2 heterocycles. The Kier molecular flexibility index (Phi) is 4.25. The van der Waals surface area contributed by atoms with E-state index in [9.17, 15) is 4.79 Å². The molecule has 1 aliphatic heterocycles. The van der Waals surface area contributed by atoms with Crippen LogP contribution in [0, 0.1) is 0 Å². The van der Waals surface area contributed by atoms with Crippen molar-refractivity contribution >= 4 is 22.2 Å². The standard InChI is InChI=1S/C20H22N2OS/c1-2-12-21-13-17-16-10-6-7-11-18(16)24-20(17)22(14-21)19(23)15-8-4-3-5-9-15/h2-5,8-9H,1,6-7,10-14H2. The minimum Gasteiger partial charge on any atom is -0.286 e. The van der Waals surface area contributed by atoms with Gasteiger partial charge in [0.05, 0.1) is 6.67 Å². The lowest BCUT2D eigenvalue weighted by molar-refractivity contribution is 0.0963. The summed E-state index contributed by atoms with van der Waals surface area (Å²) in [6.45, 7) is 6.26. The van der Waals surface area contributed by atoms with Gasteiger partial charge in [-0.25, -0.2) is 0 Å². The van der Waals surface area contributed by atoms with E-state index in [-0.39, 0.29) is 5.91 Å². The van der Waals surface area contributed by atoms with Crippen LogP contribution in [0.5, 0.6) is 0 Å². The third-order valence-electron chi connectivity index (χ3n) is 4.88. The number of aryl methyl sites for hydroxylation is 1. The molecule has 0 N–H and O–H groups in total. The molecule has 2 aromatic rings. The zero-order valence-corrected chi connectivity index (χ0v) is 14.6. The number of benzene rings is 1. The molecule has 3 nitrogen and oxygen atoms in total. The summed E-state index contributed by atoms with van der Waals surface area (Å²) in [5, 5.41) is 1.18. The zero-order valence-electron chi connectivity index (χ0n) is 13.8. The number of amides is 1. The van der Waals surface area contributed by atoms with Crippen LogP contribution in [0.25, 0.3) is 0 Å². The number of rotatable bonds is 3. The molecule has 1 amide bonds. The number of nitrogens with zero attached hydrogens (tertiary/aromatic N) is 2. The maximum absolute atomic E-state index is 13.1. The summed E-state index contributed by atoms with van der Waals surface area (Å²) in [6, 6.07) is 9.62. The molecule has 0 fully saturated rings. The van der Waals surface area contributed by atoms with Crippen LogP contribution >= 0.6 is 11.3 Å². The monoisotopic (exact) mass is 338 g/mol. The van der Waals surface area contributed by atoms with Gasteiger partial charge in [0.25, 0.3) is 5.91 Å². The fourth-order valence-electron chi connectivity index (χ4n) is 3.73. The van der Waals surface area contributed by atoms with Crippen molar-refractivity contribution in [3.63, 3.8) is 0 Å². The zero-order chi connectivity index (χ0) is 16.5. The molecule has 0 saturated heterocycles. The fourth-order valence-corrected chi connectivity index (χ4v) is 5.12. The summed E-state index contributed by atoms with van der Waals surface area (Å²) in [6.07, 6.45) is 6.80. The van der Waals surface area contributed by atoms with E-state index in [4.69, 9.17) is 0 Å². The molecule has 0 spiro atoms. The fraction of sp³-hybridized carbons (Fsp3) is 0.350. The van der Waals surface area contributed by atoms with Crippen LogP contribution in [0.3, 0.4) is 0 Å². The molecule has 4 rings (SSSR count). The summed E-state index contributed by atoms with van der Waals surface area (Å²) < 4.78 is 0. The molecule has 1 aromatic heterocycles. The third-order valence-corrected chi connectivity index (χ3v) is 6.24. The summed E-state index contributed by atoms with van der Waals surface area (Å²) in [7, 11) is 0. The molecule has 0 radical (unpaired) electrons. The first kappa shape index (κ1) is 15.6. The van der Waals surface area contributed by atoms with Gasteiger partial charge in [-0.2, -0.15) is 0 Å². The maximum Gasteiger partial charge on any atom is 0.260 e. The van der Waals surface area contributed by atoms with Gasteiger partial charge in [0.1, 0.15) is 5.00 Å². The minimum atomic E-state index is 0.101. The normalized spacial score (nSPS) is 17.2. The van der Waals surface area contributed by atoms with Crippen LogP contribution in [0.2, 0.25) is 0 Å². The highest BCUT2D eigenvalue weighted by Gasteiger charge is 2.32. The second-order valence-corrected chi connectivity index (χ2v) is 7.62. The predicted molar refractivity (Wildman–Crippen MR) is 99.7 cm³/mol. The van der Waals surface area contributed by atoms with Crippen molar-refractivity contribution in [1.82, 2.24) is 4.90 Å². The number of carbonyl (C=O) groups is 1. The Bertz CT molecular complexity index is 765. The highest BCUT2D eigenvalue weighted by Crippen LogP contribution is 2.43. The minimum absolute atomic E-state index is 0.101. The van der Waals surface area contributed by atoms with E-state index in [2.05, 4.69) is 11.5 Å². The quantitative estimate of drug-likeness (QED) is 0.782. The molecule has 1 aliphatic carbocycles. The molecule has 0 saturated carbocycles. The number of hydrogen-bond acceptors (Lipinski definition) is 3. The lowest BCUT2D eigenvalue weighted by Crippen LogP contribution is -2.45. The third kappa shape index (κ3) is 2.70. The van der Waals surface area contributed by atoms with Gasteiger partial charge in [0.2, 0.25) is 0 Å². The molecule has 0 bridgehead atoms. The maximum atomic E-state index is 13.1. The first-order valence-electron chi connectivity index (χ1n) is 8.61. The summed E-state index contributed by atoms with van der Waals surface area (Å²) in [5.74, 6) is 0.101. The molecule has 1 aromatic carbocycles. The first-order chi connectivity index (χ1) is 11.8. The average Bonchev–Trinajstić information content (AvgIpc) is 3.00. The Morgan fingerprint density at radius 2 is 1.96 bits per heavy atom. The van der Waals surface area contributed by atoms with Crippen molar-refractivity contribution in [2.24, 2.45) is 0 Å². The highest BCUT2D eigenvalue weighted by atomic mass is 32.1. The average molecular weight is 338 g/mol. The topological polar surface area (TPSA) is 23.6 Å². The molecular formula is C20H22N2OS. The second-order valence-electron chi connectivity index (χ2n) is 6.54. The second kappa shape index (κ2) is 6.54. The Morgan fingerprint density at radius 1 is 1.17 bits per heavy atom. The smallest absolute Gasteiger partial charge is 0.260 e. The van der Waals surface area contributed by atoms with Crippen molar-refractivity contribution in [3.05, 3.63) is 64.6 Å². The van der Waals surface area contributed by atoms with E-state index >= 15 is 0 Å². The Hall–Kier alpha value is -1.91. The number of hydrogen-bond donors (Lipinski definition) is 0. The van der Waals surface area contributed by atoms with E-state index in [1.54, 1.807) is 0 Å². The van der Waals surface area contributed by atoms with Crippen LogP contribution in [0.4, 0.5) is 5.00 Å². The largest absolute Gasteiger partial charge is 0.286 e. The first-order valence-corrected chi connectivity index (χ1v) is 9.43. The molecule has 4 heteroatoms. The predicted octanol–water partition coefficient (Wildman–Crippen LogP) is 4.23. The van der Waals surface area contributed by atoms with Crippen LogP contribution in [-0.2, 0) is 19.4 Å². The van der Waals surface area contributed by atoms with Gasteiger partial charge >= 0.3 is 0 Å². The van der Waals surface area contributed by atoms with Gasteiger partial charge in [-0.3, -0.25) is 14.6 Å². The van der Waals surface area contributed by atoms with E-state index in [0.29, 0.717) is 6.67 Å². The van der Waals surface area contributed by atoms with Gasteiger partial charge in [0.15, 0.2) is 0 Å². The van der Waals surface area contributed by atoms with Gasteiger partial charge in [-0.05, 0) is 43.4 Å². The SMILES string of the molecule is C=CCN1Cc2c(sc3c2CCCC3)N(C(=O)c2ccccc2)C1. The Labute approximate surface area is 147 Å². The number of carbonyl (C=O) groups excluding carboxylic acids is 1. The lowest BCUT2D eigenvalue weighted by atomic mass is 9.94. The molecule has 0 atom stereocenters. The summed E-state index contributed by atoms with van der Waals surface area (Å²) in [4.78, 5) is 18.9. The molecule has 24 heavy (non-hydrogen) atoms. The van der Waals surface area contributed by atoms with E-state index in [1.165, 1.54) is 40.3 Å². The van der Waals surface area contributed by atoms with Crippen LogP contribution in [0.1, 0.15) is 39.2 Å². The van der Waals surface area contributed by atoms with Crippen LogP contribution in [0.15, 0.2) is 43.0 Å². The van der Waals surface area contributed by atoms with E-state index in [0.717, 1.165) is 25.1 Å². The van der Waals surface area contributed by atoms with Gasteiger partial charge in [-0.1, -0.05) is 24.3 Å². The van der Waals surface area contributed by atoms with Crippen molar-refractivity contribution in [2.75, 3.05) is 18.1 Å². The van der Waals surface area contributed by atoms with Crippen molar-refractivity contribution < 1.29 is 4.79 Å². The van der Waals surface area contributed by atoms with Gasteiger partial charge in [-0.15, -0.1) is 17.9 Å². The van der Waals surface area contributed by atoms with Crippen LogP contribution in [-0.4, -0.2) is 24.0 Å². The Morgan fingerprint density at radius 3 is 2.75 bits per heavy atom. The molecule has 0 unspecified atom stereocenters. The summed E-state index contributed by atoms with van der Waals surface area (Å²) >= 11 is 1.84. The lowest BCUT2D eigenvalue weighted by Gasteiger charge is -2.35. The molecule has 2 aliphatic rings.